The normalized spacial score (nSPS) is 24.3. The number of fused-ring (bicyclic) bond motifs is 3. The SMILES string of the molecule is CCOC(=O)c1ccc2c(c1)CCC1C2CCC(=O)N1C. The molecule has 1 aliphatic heterocycles. The van der Waals surface area contributed by atoms with Crippen LogP contribution in [-0.2, 0) is 16.0 Å². The molecule has 4 nitrogen and oxygen atoms in total. The van der Waals surface area contributed by atoms with E-state index in [1.807, 2.05) is 31.0 Å². The number of aryl methyl sites for hydroxylation is 1. The van der Waals surface area contributed by atoms with Gasteiger partial charge in [0.2, 0.25) is 5.91 Å². The van der Waals surface area contributed by atoms with Gasteiger partial charge in [-0.05, 0) is 49.4 Å². The van der Waals surface area contributed by atoms with Gasteiger partial charge in [0.1, 0.15) is 0 Å². The number of ether oxygens (including phenoxy) is 1. The van der Waals surface area contributed by atoms with Crippen LogP contribution in [0.2, 0.25) is 0 Å². The quantitative estimate of drug-likeness (QED) is 0.785. The van der Waals surface area contributed by atoms with E-state index in [0.717, 1.165) is 19.3 Å². The lowest BCUT2D eigenvalue weighted by molar-refractivity contribution is -0.135. The third-order valence-electron chi connectivity index (χ3n) is 4.79. The van der Waals surface area contributed by atoms with Crippen molar-refractivity contribution in [3.05, 3.63) is 34.9 Å². The summed E-state index contributed by atoms with van der Waals surface area (Å²) in [6.45, 7) is 2.21. The monoisotopic (exact) mass is 287 g/mol. The van der Waals surface area contributed by atoms with Crippen LogP contribution in [0.1, 0.15) is 53.6 Å². The highest BCUT2D eigenvalue weighted by Gasteiger charge is 2.37. The average molecular weight is 287 g/mol. The zero-order valence-corrected chi connectivity index (χ0v) is 12.6. The summed E-state index contributed by atoms with van der Waals surface area (Å²) >= 11 is 0. The van der Waals surface area contributed by atoms with Crippen LogP contribution in [0.4, 0.5) is 0 Å². The highest BCUT2D eigenvalue weighted by atomic mass is 16.5. The molecule has 112 valence electrons. The third-order valence-corrected chi connectivity index (χ3v) is 4.79. The predicted octanol–water partition coefficient (Wildman–Crippen LogP) is 2.51. The molecule has 1 saturated heterocycles. The van der Waals surface area contributed by atoms with Crippen molar-refractivity contribution in [2.75, 3.05) is 13.7 Å². The smallest absolute Gasteiger partial charge is 0.338 e. The Bertz CT molecular complexity index is 581. The number of benzene rings is 1. The number of likely N-dealkylation sites (tertiary alicyclic amines) is 1. The van der Waals surface area contributed by atoms with E-state index in [1.54, 1.807) is 0 Å². The van der Waals surface area contributed by atoms with Gasteiger partial charge in [-0.1, -0.05) is 6.07 Å². The van der Waals surface area contributed by atoms with Crippen molar-refractivity contribution in [1.82, 2.24) is 4.90 Å². The second-order valence-corrected chi connectivity index (χ2v) is 5.89. The molecular weight excluding hydrogens is 266 g/mol. The Hall–Kier alpha value is -1.84. The van der Waals surface area contributed by atoms with E-state index in [1.165, 1.54) is 11.1 Å². The molecule has 2 aliphatic rings. The first-order valence-corrected chi connectivity index (χ1v) is 7.67. The van der Waals surface area contributed by atoms with E-state index < -0.39 is 0 Å². The van der Waals surface area contributed by atoms with Crippen molar-refractivity contribution in [3.8, 4) is 0 Å². The first kappa shape index (κ1) is 14.1. The summed E-state index contributed by atoms with van der Waals surface area (Å²) < 4.78 is 5.06. The molecule has 0 bridgehead atoms. The maximum atomic E-state index is 11.8. The fraction of sp³-hybridized carbons (Fsp3) is 0.529. The summed E-state index contributed by atoms with van der Waals surface area (Å²) in [5.41, 5.74) is 3.18. The molecule has 1 aliphatic carbocycles. The van der Waals surface area contributed by atoms with E-state index in [0.29, 0.717) is 30.6 Å². The standard InChI is InChI=1S/C17H21NO3/c1-3-21-17(20)12-4-6-13-11(10-12)5-8-15-14(13)7-9-16(19)18(15)2/h4,6,10,14-15H,3,5,7-9H2,1-2H3. The van der Waals surface area contributed by atoms with Gasteiger partial charge < -0.3 is 9.64 Å². The van der Waals surface area contributed by atoms with E-state index >= 15 is 0 Å². The maximum Gasteiger partial charge on any atom is 0.338 e. The number of likely N-dealkylation sites (N-methyl/N-ethyl adjacent to an activating group) is 1. The number of esters is 1. The van der Waals surface area contributed by atoms with Crippen LogP contribution in [0.5, 0.6) is 0 Å². The van der Waals surface area contributed by atoms with E-state index in [-0.39, 0.29) is 11.9 Å². The van der Waals surface area contributed by atoms with Crippen molar-refractivity contribution in [2.45, 2.75) is 44.6 Å². The number of hydrogen-bond donors (Lipinski definition) is 0. The van der Waals surface area contributed by atoms with Gasteiger partial charge in [-0.25, -0.2) is 4.79 Å². The summed E-state index contributed by atoms with van der Waals surface area (Å²) in [5.74, 6) is 0.411. The predicted molar refractivity (Wildman–Crippen MR) is 79.3 cm³/mol. The minimum absolute atomic E-state index is 0.252. The molecule has 3 rings (SSSR count). The number of piperidine rings is 1. The average Bonchev–Trinajstić information content (AvgIpc) is 2.50. The summed E-state index contributed by atoms with van der Waals surface area (Å²) in [5, 5.41) is 0. The highest BCUT2D eigenvalue weighted by molar-refractivity contribution is 5.89. The Balaban J connectivity index is 1.89. The van der Waals surface area contributed by atoms with E-state index in [9.17, 15) is 9.59 Å². The van der Waals surface area contributed by atoms with Crippen LogP contribution in [-0.4, -0.2) is 36.5 Å². The lowest BCUT2D eigenvalue weighted by Gasteiger charge is -2.43. The Morgan fingerprint density at radius 3 is 2.90 bits per heavy atom. The molecule has 1 fully saturated rings. The molecule has 1 amide bonds. The lowest BCUT2D eigenvalue weighted by Crippen LogP contribution is -2.47. The minimum Gasteiger partial charge on any atom is -0.462 e. The van der Waals surface area contributed by atoms with Gasteiger partial charge >= 0.3 is 5.97 Å². The summed E-state index contributed by atoms with van der Waals surface area (Å²) in [6.07, 6.45) is 3.43. The summed E-state index contributed by atoms with van der Waals surface area (Å²) in [7, 11) is 1.91. The topological polar surface area (TPSA) is 46.6 Å². The highest BCUT2D eigenvalue weighted by Crippen LogP contribution is 2.40. The molecule has 2 unspecified atom stereocenters. The second-order valence-electron chi connectivity index (χ2n) is 5.89. The number of carbonyl (C=O) groups excluding carboxylic acids is 2. The largest absolute Gasteiger partial charge is 0.462 e. The molecule has 0 aromatic heterocycles. The first-order valence-electron chi connectivity index (χ1n) is 7.67. The molecule has 0 spiro atoms. The second kappa shape index (κ2) is 5.51. The molecule has 0 radical (unpaired) electrons. The molecule has 21 heavy (non-hydrogen) atoms. The van der Waals surface area contributed by atoms with Gasteiger partial charge in [0.05, 0.1) is 12.2 Å². The lowest BCUT2D eigenvalue weighted by atomic mass is 9.74. The van der Waals surface area contributed by atoms with Crippen LogP contribution >= 0.6 is 0 Å². The molecular formula is C17H21NO3. The maximum absolute atomic E-state index is 11.8. The number of nitrogens with zero attached hydrogens (tertiary/aromatic N) is 1. The van der Waals surface area contributed by atoms with E-state index in [4.69, 9.17) is 4.74 Å². The van der Waals surface area contributed by atoms with Crippen molar-refractivity contribution >= 4 is 11.9 Å². The molecule has 0 N–H and O–H groups in total. The van der Waals surface area contributed by atoms with Crippen LogP contribution in [0.3, 0.4) is 0 Å². The van der Waals surface area contributed by atoms with Gasteiger partial charge in [0.25, 0.3) is 0 Å². The molecule has 1 aromatic carbocycles. The van der Waals surface area contributed by atoms with Gasteiger partial charge in [-0.2, -0.15) is 0 Å². The molecule has 1 heterocycles. The van der Waals surface area contributed by atoms with Crippen molar-refractivity contribution in [3.63, 3.8) is 0 Å². The van der Waals surface area contributed by atoms with Crippen LogP contribution in [0.25, 0.3) is 0 Å². The third kappa shape index (κ3) is 2.43. The number of rotatable bonds is 2. The minimum atomic E-state index is -0.252. The Morgan fingerprint density at radius 2 is 2.14 bits per heavy atom. The number of hydrogen-bond acceptors (Lipinski definition) is 3. The fourth-order valence-corrected chi connectivity index (χ4v) is 3.69. The Labute approximate surface area is 125 Å². The van der Waals surface area contributed by atoms with Crippen LogP contribution < -0.4 is 0 Å². The molecule has 1 aromatic rings. The molecule has 0 saturated carbocycles. The van der Waals surface area contributed by atoms with Gasteiger partial charge in [-0.15, -0.1) is 0 Å². The van der Waals surface area contributed by atoms with Crippen LogP contribution in [0.15, 0.2) is 18.2 Å². The molecule has 4 heteroatoms. The van der Waals surface area contributed by atoms with Crippen LogP contribution in [0, 0.1) is 0 Å². The van der Waals surface area contributed by atoms with Gasteiger partial charge in [0, 0.05) is 25.4 Å². The van der Waals surface area contributed by atoms with Crippen molar-refractivity contribution in [2.24, 2.45) is 0 Å². The zero-order chi connectivity index (χ0) is 15.0. The van der Waals surface area contributed by atoms with E-state index in [2.05, 4.69) is 6.07 Å². The first-order chi connectivity index (χ1) is 10.1. The van der Waals surface area contributed by atoms with Crippen molar-refractivity contribution in [1.29, 1.82) is 0 Å². The van der Waals surface area contributed by atoms with Gasteiger partial charge in [0.15, 0.2) is 0 Å². The number of carbonyl (C=O) groups is 2. The Kier molecular flexibility index (Phi) is 3.70. The van der Waals surface area contributed by atoms with Crippen molar-refractivity contribution < 1.29 is 14.3 Å². The number of amides is 1. The Morgan fingerprint density at radius 1 is 1.33 bits per heavy atom. The fourth-order valence-electron chi connectivity index (χ4n) is 3.69. The summed E-state index contributed by atoms with van der Waals surface area (Å²) in [4.78, 5) is 25.6. The zero-order valence-electron chi connectivity index (χ0n) is 12.6. The molecule has 2 atom stereocenters. The summed E-state index contributed by atoms with van der Waals surface area (Å²) in [6, 6.07) is 6.20. The van der Waals surface area contributed by atoms with Gasteiger partial charge in [-0.3, -0.25) is 4.79 Å².